The number of aromatic hydroxyl groups is 4. The van der Waals surface area contributed by atoms with E-state index in [2.05, 4.69) is 10.5 Å². The summed E-state index contributed by atoms with van der Waals surface area (Å²) >= 11 is 12.3. The third-order valence-electron chi connectivity index (χ3n) is 5.43. The van der Waals surface area contributed by atoms with Gasteiger partial charge in [-0.15, -0.1) is 0 Å². The fourth-order valence-corrected chi connectivity index (χ4v) is 3.86. The number of phenolic OH excluding ortho intramolecular Hbond substituents is 4. The molecule has 0 aliphatic heterocycles. The Bertz CT molecular complexity index is 1660. The van der Waals surface area contributed by atoms with Crippen LogP contribution >= 0.6 is 23.2 Å². The number of nitrogens with one attached hydrogen (secondary N) is 1. The first-order valence-corrected chi connectivity index (χ1v) is 11.4. The molecule has 0 radical (unpaired) electrons. The van der Waals surface area contributed by atoms with Gasteiger partial charge >= 0.3 is 17.3 Å². The molecule has 41 heavy (non-hydrogen) atoms. The second-order valence-electron chi connectivity index (χ2n) is 8.00. The minimum Gasteiger partial charge on any atom is -0.617 e. The molecule has 0 unspecified atom stereocenters. The number of nitrogens with zero attached hydrogens (tertiary/aromatic N) is 4. The third-order valence-corrected chi connectivity index (χ3v) is 6.33. The van der Waals surface area contributed by atoms with Gasteiger partial charge in [-0.3, -0.25) is 25.0 Å². The number of carbonyl (C=O) groups is 2. The molecule has 0 saturated carbocycles. The van der Waals surface area contributed by atoms with Crippen LogP contribution in [-0.4, -0.2) is 48.0 Å². The van der Waals surface area contributed by atoms with Crippen molar-refractivity contribution in [2.24, 2.45) is 5.16 Å². The molecule has 0 bridgehead atoms. The van der Waals surface area contributed by atoms with Crippen LogP contribution < -0.4 is 10.0 Å². The number of rotatable bonds is 6. The summed E-state index contributed by atoms with van der Waals surface area (Å²) in [6.07, 6.45) is 0. The van der Waals surface area contributed by atoms with Crippen LogP contribution in [0.15, 0.2) is 29.4 Å². The van der Waals surface area contributed by atoms with E-state index in [1.165, 1.54) is 13.8 Å². The van der Waals surface area contributed by atoms with Crippen molar-refractivity contribution in [2.45, 2.75) is 13.8 Å². The highest BCUT2D eigenvalue weighted by molar-refractivity contribution is 6.35. The summed E-state index contributed by atoms with van der Waals surface area (Å²) in [5, 5.41) is 78.5. The first-order chi connectivity index (χ1) is 19.1. The summed E-state index contributed by atoms with van der Waals surface area (Å²) in [5.74, 6) is -7.83. The zero-order valence-corrected chi connectivity index (χ0v) is 21.9. The van der Waals surface area contributed by atoms with Gasteiger partial charge in [-0.05, 0) is 36.2 Å². The molecule has 19 heteroatoms. The molecule has 1 heterocycles. The van der Waals surface area contributed by atoms with Crippen molar-refractivity contribution in [3.05, 3.63) is 87.8 Å². The number of nitro benzene ring substituents is 2. The maximum Gasteiger partial charge on any atom is 0.366 e. The number of oxime groups is 1. The van der Waals surface area contributed by atoms with Gasteiger partial charge in [0.2, 0.25) is 17.2 Å². The molecule has 0 fully saturated rings. The number of nitro groups is 2. The van der Waals surface area contributed by atoms with E-state index in [1.807, 2.05) is 0 Å². The smallest absolute Gasteiger partial charge is 0.366 e. The second-order valence-corrected chi connectivity index (χ2v) is 8.73. The van der Waals surface area contributed by atoms with E-state index >= 15 is 0 Å². The number of benzene rings is 2. The van der Waals surface area contributed by atoms with Gasteiger partial charge in [-0.2, -0.15) is 4.73 Å². The molecule has 1 aromatic heterocycles. The van der Waals surface area contributed by atoms with Crippen molar-refractivity contribution in [1.29, 1.82) is 0 Å². The molecule has 3 rings (SSSR count). The summed E-state index contributed by atoms with van der Waals surface area (Å²) in [7, 11) is 0. The van der Waals surface area contributed by atoms with Crippen LogP contribution in [0.5, 0.6) is 23.0 Å². The van der Waals surface area contributed by atoms with Crippen LogP contribution in [0.25, 0.3) is 0 Å². The Balaban J connectivity index is 2.14. The first kappa shape index (κ1) is 30.1. The number of phenols is 4. The maximum atomic E-state index is 13.0. The average molecular weight is 612 g/mol. The predicted molar refractivity (Wildman–Crippen MR) is 137 cm³/mol. The second kappa shape index (κ2) is 11.4. The highest BCUT2D eigenvalue weighted by Crippen LogP contribution is 2.37. The number of pyridine rings is 1. The number of aromatic nitrogens is 1. The van der Waals surface area contributed by atoms with Gasteiger partial charge in [0.15, 0.2) is 17.3 Å². The van der Waals surface area contributed by atoms with Crippen molar-refractivity contribution < 1.29 is 49.4 Å². The van der Waals surface area contributed by atoms with E-state index in [9.17, 15) is 55.5 Å². The molecule has 0 atom stereocenters. The first-order valence-electron chi connectivity index (χ1n) is 10.7. The van der Waals surface area contributed by atoms with E-state index in [1.54, 1.807) is 0 Å². The zero-order valence-electron chi connectivity index (χ0n) is 20.4. The van der Waals surface area contributed by atoms with Gasteiger partial charge in [0.1, 0.15) is 10.6 Å². The fourth-order valence-electron chi connectivity index (χ4n) is 3.34. The topological polar surface area (TPSA) is 262 Å². The zero-order chi connectivity index (χ0) is 30.9. The molecule has 1 amide bonds. The maximum absolute atomic E-state index is 13.0. The molecule has 3 aromatic rings. The lowest BCUT2D eigenvalue weighted by Crippen LogP contribution is -2.39. The Labute approximate surface area is 236 Å². The Kier molecular flexibility index (Phi) is 8.35. The van der Waals surface area contributed by atoms with Crippen LogP contribution in [0.3, 0.4) is 0 Å². The number of amidine groups is 1. The monoisotopic (exact) mass is 611 g/mol. The molecular weight excluding hydrogens is 597 g/mol. The molecule has 214 valence electrons. The Morgan fingerprint density at radius 2 is 1.41 bits per heavy atom. The molecule has 17 nitrogen and oxygen atoms in total. The fraction of sp³-hybridized carbons (Fsp3) is 0.0909. The van der Waals surface area contributed by atoms with E-state index in [0.717, 1.165) is 0 Å². The minimum absolute atomic E-state index is 0.0359. The van der Waals surface area contributed by atoms with Crippen molar-refractivity contribution in [3.63, 3.8) is 0 Å². The summed E-state index contributed by atoms with van der Waals surface area (Å²) in [4.78, 5) is 50.5. The van der Waals surface area contributed by atoms with E-state index < -0.39 is 83.8 Å². The lowest BCUT2D eigenvalue weighted by Gasteiger charge is -2.15. The molecule has 0 aliphatic rings. The third kappa shape index (κ3) is 5.80. The summed E-state index contributed by atoms with van der Waals surface area (Å²) in [5.41, 5.74) is -3.80. The van der Waals surface area contributed by atoms with Gasteiger partial charge in [-0.25, -0.2) is 4.79 Å². The van der Waals surface area contributed by atoms with Crippen molar-refractivity contribution >= 4 is 52.3 Å². The van der Waals surface area contributed by atoms with Crippen LogP contribution in [0.4, 0.5) is 11.4 Å². The largest absolute Gasteiger partial charge is 0.617 e. The summed E-state index contributed by atoms with van der Waals surface area (Å²) in [6.45, 7) is 2.66. The quantitative estimate of drug-likeness (QED) is 0.0310. The standard InChI is InChI=1S/C22H15Cl2N5O12/c1-7-15(19(24)27(36)8(2)16(7)23)20(25-21(34)9-3-11(28(37)38)17(32)13(30)5-9)26-41-22(35)10-4-12(29(39)40)18(33)14(31)6-10/h3-6,30-33H,1-2H3,(H,25,26,34). The molecule has 0 spiro atoms. The molecule has 0 aliphatic carbocycles. The van der Waals surface area contributed by atoms with Crippen LogP contribution in [0, 0.1) is 39.3 Å². The number of hydrogen-bond acceptors (Lipinski definition) is 13. The Hall–Kier alpha value is -5.42. The van der Waals surface area contributed by atoms with E-state index in [0.29, 0.717) is 24.3 Å². The van der Waals surface area contributed by atoms with Gasteiger partial charge in [-0.1, -0.05) is 16.8 Å². The lowest BCUT2D eigenvalue weighted by atomic mass is 10.1. The van der Waals surface area contributed by atoms with Gasteiger partial charge < -0.3 is 35.8 Å². The molecular formula is C22H15Cl2N5O12. The number of amides is 1. The molecule has 0 saturated heterocycles. The lowest BCUT2D eigenvalue weighted by molar-refractivity contribution is -0.610. The Morgan fingerprint density at radius 1 is 0.927 bits per heavy atom. The van der Waals surface area contributed by atoms with Crippen molar-refractivity contribution in [1.82, 2.24) is 5.32 Å². The number of carbonyl (C=O) groups excluding carboxylic acids is 2. The molecule has 2 aromatic carbocycles. The highest BCUT2D eigenvalue weighted by atomic mass is 35.5. The van der Waals surface area contributed by atoms with Gasteiger partial charge in [0.05, 0.1) is 21.0 Å². The van der Waals surface area contributed by atoms with Crippen molar-refractivity contribution in [3.8, 4) is 23.0 Å². The average Bonchev–Trinajstić information content (AvgIpc) is 2.91. The van der Waals surface area contributed by atoms with Crippen LogP contribution in [-0.2, 0) is 4.84 Å². The SMILES string of the molecule is Cc1c(Cl)c(C)[n+]([O-])c(Cl)c1/C(=N\OC(=O)c1cc(O)c(O)c([N+](=O)[O-])c1)NC(=O)c1cc(O)c(O)c([N+](=O)[O-])c1. The van der Waals surface area contributed by atoms with E-state index in [4.69, 9.17) is 28.0 Å². The van der Waals surface area contributed by atoms with Gasteiger partial charge in [0.25, 0.3) is 11.1 Å². The summed E-state index contributed by atoms with van der Waals surface area (Å²) in [6, 6.07) is 2.42. The van der Waals surface area contributed by atoms with E-state index in [-0.39, 0.29) is 21.0 Å². The van der Waals surface area contributed by atoms with Crippen LogP contribution in [0.1, 0.15) is 37.5 Å². The summed E-state index contributed by atoms with van der Waals surface area (Å²) < 4.78 is 0.147. The minimum atomic E-state index is -1.46. The molecule has 5 N–H and O–H groups in total. The predicted octanol–water partition coefficient (Wildman–Crippen LogP) is 2.83. The number of halogens is 2. The number of hydrogen-bond donors (Lipinski definition) is 5. The highest BCUT2D eigenvalue weighted by Gasteiger charge is 2.29. The van der Waals surface area contributed by atoms with Crippen LogP contribution in [0.2, 0.25) is 10.2 Å². The van der Waals surface area contributed by atoms with Crippen molar-refractivity contribution in [2.75, 3.05) is 0 Å². The Morgan fingerprint density at radius 3 is 1.93 bits per heavy atom. The normalized spacial score (nSPS) is 11.2. The van der Waals surface area contributed by atoms with Gasteiger partial charge in [0, 0.05) is 19.1 Å².